The zero-order chi connectivity index (χ0) is 12.4. The minimum atomic E-state index is -0.445. The summed E-state index contributed by atoms with van der Waals surface area (Å²) >= 11 is 5.72. The van der Waals surface area contributed by atoms with Gasteiger partial charge in [-0.1, -0.05) is 29.8 Å². The van der Waals surface area contributed by atoms with E-state index in [0.29, 0.717) is 5.69 Å². The molecule has 2 rings (SSSR count). The number of hydrogen-bond donors (Lipinski definition) is 2. The van der Waals surface area contributed by atoms with Gasteiger partial charge in [-0.2, -0.15) is 0 Å². The number of anilines is 1. The molecule has 0 fully saturated rings. The van der Waals surface area contributed by atoms with Crippen molar-refractivity contribution in [2.75, 3.05) is 5.73 Å². The molecule has 1 unspecified atom stereocenters. The molecule has 0 aliphatic heterocycles. The van der Waals surface area contributed by atoms with E-state index in [1.807, 2.05) is 12.1 Å². The molecule has 0 bridgehead atoms. The van der Waals surface area contributed by atoms with Crippen LogP contribution in [0.5, 0.6) is 0 Å². The van der Waals surface area contributed by atoms with Crippen molar-refractivity contribution in [2.45, 2.75) is 6.04 Å². The van der Waals surface area contributed by atoms with Gasteiger partial charge in [0.1, 0.15) is 5.82 Å². The fraction of sp³-hybridized carbons (Fsp3) is 0.0769. The summed E-state index contributed by atoms with van der Waals surface area (Å²) in [6.45, 7) is 0. The highest BCUT2D eigenvalue weighted by atomic mass is 35.5. The van der Waals surface area contributed by atoms with Gasteiger partial charge >= 0.3 is 0 Å². The highest BCUT2D eigenvalue weighted by Crippen LogP contribution is 2.24. The number of benzene rings is 2. The van der Waals surface area contributed by atoms with Crippen molar-refractivity contribution in [1.29, 1.82) is 0 Å². The van der Waals surface area contributed by atoms with Crippen LogP contribution < -0.4 is 11.5 Å². The molecule has 4 heteroatoms. The summed E-state index contributed by atoms with van der Waals surface area (Å²) in [4.78, 5) is 0. The minimum absolute atomic E-state index is 0.0772. The summed E-state index contributed by atoms with van der Waals surface area (Å²) in [6.07, 6.45) is 0. The van der Waals surface area contributed by atoms with E-state index in [1.54, 1.807) is 18.2 Å². The van der Waals surface area contributed by atoms with Crippen LogP contribution in [0, 0.1) is 5.82 Å². The quantitative estimate of drug-likeness (QED) is 0.805. The van der Waals surface area contributed by atoms with Gasteiger partial charge in [0.2, 0.25) is 0 Å². The molecule has 88 valence electrons. The minimum Gasteiger partial charge on any atom is -0.399 e. The summed E-state index contributed by atoms with van der Waals surface area (Å²) in [6, 6.07) is 11.4. The molecule has 0 spiro atoms. The molecule has 2 aromatic carbocycles. The first-order valence-electron chi connectivity index (χ1n) is 5.14. The van der Waals surface area contributed by atoms with E-state index in [4.69, 9.17) is 23.1 Å². The molecule has 0 amide bonds. The summed E-state index contributed by atoms with van der Waals surface area (Å²) < 4.78 is 13.0. The SMILES string of the molecule is Nc1ccc(C(N)c2ccc(F)c(Cl)c2)cc1. The highest BCUT2D eigenvalue weighted by molar-refractivity contribution is 6.30. The largest absolute Gasteiger partial charge is 0.399 e. The first-order valence-corrected chi connectivity index (χ1v) is 5.51. The van der Waals surface area contributed by atoms with E-state index in [9.17, 15) is 4.39 Å². The van der Waals surface area contributed by atoms with Gasteiger partial charge in [0.05, 0.1) is 11.1 Å². The first-order chi connectivity index (χ1) is 8.08. The molecule has 0 aromatic heterocycles. The summed E-state index contributed by atoms with van der Waals surface area (Å²) in [5.41, 5.74) is 14.0. The van der Waals surface area contributed by atoms with E-state index < -0.39 is 5.82 Å². The van der Waals surface area contributed by atoms with Crippen molar-refractivity contribution < 1.29 is 4.39 Å². The summed E-state index contributed by atoms with van der Waals surface area (Å²) in [5, 5.41) is 0.0772. The molecular formula is C13H12ClFN2. The molecule has 0 radical (unpaired) electrons. The van der Waals surface area contributed by atoms with E-state index in [1.165, 1.54) is 12.1 Å². The number of halogens is 2. The number of nitrogens with two attached hydrogens (primary N) is 2. The van der Waals surface area contributed by atoms with Crippen LogP contribution in [0.4, 0.5) is 10.1 Å². The lowest BCUT2D eigenvalue weighted by Crippen LogP contribution is -2.11. The van der Waals surface area contributed by atoms with E-state index in [2.05, 4.69) is 0 Å². The van der Waals surface area contributed by atoms with Crippen LogP contribution >= 0.6 is 11.6 Å². The van der Waals surface area contributed by atoms with Gasteiger partial charge in [-0.3, -0.25) is 0 Å². The number of rotatable bonds is 2. The third-order valence-electron chi connectivity index (χ3n) is 2.60. The second-order valence-corrected chi connectivity index (χ2v) is 4.23. The Hall–Kier alpha value is -1.58. The lowest BCUT2D eigenvalue weighted by molar-refractivity contribution is 0.627. The molecule has 0 heterocycles. The maximum atomic E-state index is 13.0. The molecule has 2 nitrogen and oxygen atoms in total. The van der Waals surface area contributed by atoms with Gasteiger partial charge < -0.3 is 11.5 Å². The Morgan fingerprint density at radius 1 is 1.00 bits per heavy atom. The van der Waals surface area contributed by atoms with Crippen LogP contribution in [0.3, 0.4) is 0 Å². The van der Waals surface area contributed by atoms with Crippen molar-refractivity contribution in [3.63, 3.8) is 0 Å². The Balaban J connectivity index is 2.33. The Labute approximate surface area is 104 Å². The van der Waals surface area contributed by atoms with Crippen molar-refractivity contribution >= 4 is 17.3 Å². The molecule has 17 heavy (non-hydrogen) atoms. The molecule has 0 saturated heterocycles. The standard InChI is InChI=1S/C13H12ClFN2/c14-11-7-9(3-6-12(11)15)13(17)8-1-4-10(16)5-2-8/h1-7,13H,16-17H2. The first kappa shape index (κ1) is 11.9. The fourth-order valence-electron chi connectivity index (χ4n) is 1.60. The van der Waals surface area contributed by atoms with Crippen LogP contribution in [-0.4, -0.2) is 0 Å². The molecule has 0 aliphatic carbocycles. The molecular weight excluding hydrogens is 239 g/mol. The maximum Gasteiger partial charge on any atom is 0.141 e. The average Bonchev–Trinajstić information content (AvgIpc) is 2.33. The smallest absolute Gasteiger partial charge is 0.141 e. The van der Waals surface area contributed by atoms with E-state index in [0.717, 1.165) is 11.1 Å². The lowest BCUT2D eigenvalue weighted by atomic mass is 9.99. The van der Waals surface area contributed by atoms with E-state index >= 15 is 0 Å². The number of nitrogen functional groups attached to an aromatic ring is 1. The Morgan fingerprint density at radius 3 is 2.18 bits per heavy atom. The van der Waals surface area contributed by atoms with Crippen molar-refractivity contribution in [1.82, 2.24) is 0 Å². The molecule has 1 atom stereocenters. The van der Waals surface area contributed by atoms with Crippen LogP contribution in [0.1, 0.15) is 17.2 Å². The monoisotopic (exact) mass is 250 g/mol. The fourth-order valence-corrected chi connectivity index (χ4v) is 1.79. The molecule has 4 N–H and O–H groups in total. The van der Waals surface area contributed by atoms with Crippen molar-refractivity contribution in [3.05, 3.63) is 64.4 Å². The predicted octanol–water partition coefficient (Wildman–Crippen LogP) is 3.11. The molecule has 0 aliphatic rings. The Morgan fingerprint density at radius 2 is 1.59 bits per heavy atom. The zero-order valence-electron chi connectivity index (χ0n) is 9.03. The second kappa shape index (κ2) is 4.73. The van der Waals surface area contributed by atoms with Crippen LogP contribution in [0.15, 0.2) is 42.5 Å². The van der Waals surface area contributed by atoms with Crippen molar-refractivity contribution in [2.24, 2.45) is 5.73 Å². The van der Waals surface area contributed by atoms with E-state index in [-0.39, 0.29) is 11.1 Å². The van der Waals surface area contributed by atoms with Gasteiger partial charge in [0, 0.05) is 5.69 Å². The third-order valence-corrected chi connectivity index (χ3v) is 2.89. The predicted molar refractivity (Wildman–Crippen MR) is 68.3 cm³/mol. The van der Waals surface area contributed by atoms with Crippen LogP contribution in [0.25, 0.3) is 0 Å². The highest BCUT2D eigenvalue weighted by Gasteiger charge is 2.10. The molecule has 2 aromatic rings. The normalized spacial score (nSPS) is 12.4. The van der Waals surface area contributed by atoms with Crippen molar-refractivity contribution in [3.8, 4) is 0 Å². The maximum absolute atomic E-state index is 13.0. The third kappa shape index (κ3) is 2.57. The Kier molecular flexibility index (Phi) is 3.31. The molecule has 0 saturated carbocycles. The summed E-state index contributed by atoms with van der Waals surface area (Å²) in [5.74, 6) is -0.445. The summed E-state index contributed by atoms with van der Waals surface area (Å²) in [7, 11) is 0. The van der Waals surface area contributed by atoms with Crippen LogP contribution in [0.2, 0.25) is 5.02 Å². The zero-order valence-corrected chi connectivity index (χ0v) is 9.79. The Bertz CT molecular complexity index is 525. The topological polar surface area (TPSA) is 52.0 Å². The second-order valence-electron chi connectivity index (χ2n) is 3.82. The lowest BCUT2D eigenvalue weighted by Gasteiger charge is -2.13. The van der Waals surface area contributed by atoms with Gasteiger partial charge in [-0.05, 0) is 35.4 Å². The van der Waals surface area contributed by atoms with Gasteiger partial charge in [0.15, 0.2) is 0 Å². The van der Waals surface area contributed by atoms with Gasteiger partial charge in [-0.15, -0.1) is 0 Å². The number of hydrogen-bond acceptors (Lipinski definition) is 2. The average molecular weight is 251 g/mol. The van der Waals surface area contributed by atoms with Gasteiger partial charge in [0.25, 0.3) is 0 Å². The van der Waals surface area contributed by atoms with Crippen LogP contribution in [-0.2, 0) is 0 Å². The van der Waals surface area contributed by atoms with Gasteiger partial charge in [-0.25, -0.2) is 4.39 Å².